The predicted octanol–water partition coefficient (Wildman–Crippen LogP) is 3.54. The van der Waals surface area contributed by atoms with E-state index >= 15 is 0 Å². The van der Waals surface area contributed by atoms with Gasteiger partial charge in [-0.1, -0.05) is 40.2 Å². The number of benzene rings is 2. The van der Waals surface area contributed by atoms with Crippen molar-refractivity contribution >= 4 is 27.6 Å². The molecule has 0 bridgehead atoms. The lowest BCUT2D eigenvalue weighted by molar-refractivity contribution is -0.496. The van der Waals surface area contributed by atoms with Crippen LogP contribution in [0.2, 0.25) is 0 Å². The van der Waals surface area contributed by atoms with Crippen molar-refractivity contribution in [2.75, 3.05) is 5.32 Å². The van der Waals surface area contributed by atoms with E-state index in [1.807, 2.05) is 24.3 Å². The second kappa shape index (κ2) is 7.04. The number of hydrogen-bond acceptors (Lipinski definition) is 4. The zero-order valence-corrected chi connectivity index (χ0v) is 13.0. The van der Waals surface area contributed by atoms with Gasteiger partial charge in [0.05, 0.1) is 11.3 Å². The number of nitrogens with one attached hydrogen (secondary N) is 1. The van der Waals surface area contributed by atoms with Crippen LogP contribution < -0.4 is 5.32 Å². The maximum Gasteiger partial charge on any atom is 0.337 e. The van der Waals surface area contributed by atoms with E-state index in [0.717, 1.165) is 10.0 Å². The summed E-state index contributed by atoms with van der Waals surface area (Å²) in [6, 6.07) is 12.0. The summed E-state index contributed by atoms with van der Waals surface area (Å²) in [6.07, 6.45) is 0. The fourth-order valence-electron chi connectivity index (χ4n) is 2.05. The monoisotopic (exact) mass is 364 g/mol. The van der Waals surface area contributed by atoms with Crippen LogP contribution in [0.3, 0.4) is 0 Å². The van der Waals surface area contributed by atoms with E-state index in [9.17, 15) is 20.0 Å². The molecule has 6 nitrogen and oxygen atoms in total. The number of carbonyl (C=O) groups is 1. The second-order valence-electron chi connectivity index (χ2n) is 4.62. The number of rotatable bonds is 6. The molecule has 0 aliphatic rings. The first-order chi connectivity index (χ1) is 10.5. The van der Waals surface area contributed by atoms with Crippen LogP contribution in [-0.4, -0.2) is 16.0 Å². The molecule has 0 aromatic heterocycles. The average molecular weight is 365 g/mol. The molecule has 0 amide bonds. The summed E-state index contributed by atoms with van der Waals surface area (Å²) in [6.45, 7) is -0.0495. The molecule has 0 saturated heterocycles. The van der Waals surface area contributed by atoms with Crippen LogP contribution in [0.4, 0.5) is 5.69 Å². The maximum absolute atomic E-state index is 11.3. The fraction of sp³-hybridized carbons (Fsp3) is 0.133. The van der Waals surface area contributed by atoms with E-state index in [0.29, 0.717) is 12.1 Å². The largest absolute Gasteiger partial charge is 0.478 e. The normalized spacial score (nSPS) is 10.2. The summed E-state index contributed by atoms with van der Waals surface area (Å²) < 4.78 is 0.941. The second-order valence-corrected chi connectivity index (χ2v) is 5.53. The van der Waals surface area contributed by atoms with E-state index in [-0.39, 0.29) is 11.3 Å². The van der Waals surface area contributed by atoms with Gasteiger partial charge in [-0.25, -0.2) is 4.79 Å². The van der Waals surface area contributed by atoms with E-state index < -0.39 is 17.4 Å². The molecular formula is C15H13BrN2O4. The molecule has 0 spiro atoms. The Kier molecular flexibility index (Phi) is 5.11. The van der Waals surface area contributed by atoms with E-state index in [2.05, 4.69) is 21.2 Å². The molecule has 2 N–H and O–H groups in total. The van der Waals surface area contributed by atoms with Crippen molar-refractivity contribution in [1.29, 1.82) is 0 Å². The summed E-state index contributed by atoms with van der Waals surface area (Å²) in [5, 5.41) is 23.0. The molecular weight excluding hydrogens is 352 g/mol. The molecule has 2 aromatic rings. The van der Waals surface area contributed by atoms with Crippen LogP contribution in [0.1, 0.15) is 21.5 Å². The van der Waals surface area contributed by atoms with Crippen molar-refractivity contribution in [3.05, 3.63) is 73.7 Å². The molecule has 114 valence electrons. The van der Waals surface area contributed by atoms with E-state index in [1.54, 1.807) is 6.07 Å². The minimum atomic E-state index is -1.12. The Hall–Kier alpha value is -2.41. The van der Waals surface area contributed by atoms with Gasteiger partial charge in [-0.2, -0.15) is 0 Å². The molecule has 0 aliphatic carbocycles. The molecule has 2 rings (SSSR count). The first-order valence-electron chi connectivity index (χ1n) is 6.42. The van der Waals surface area contributed by atoms with E-state index in [4.69, 9.17) is 0 Å². The van der Waals surface area contributed by atoms with Crippen molar-refractivity contribution in [2.45, 2.75) is 13.1 Å². The molecule has 0 radical (unpaired) electrons. The Balaban J connectivity index is 2.28. The Bertz CT molecular complexity index is 701. The minimum Gasteiger partial charge on any atom is -0.478 e. The lowest BCUT2D eigenvalue weighted by Crippen LogP contribution is -2.11. The molecule has 2 aromatic carbocycles. The topological polar surface area (TPSA) is 92.5 Å². The van der Waals surface area contributed by atoms with Gasteiger partial charge < -0.3 is 10.4 Å². The van der Waals surface area contributed by atoms with Crippen molar-refractivity contribution in [1.82, 2.24) is 0 Å². The number of nitrogens with zero attached hydrogens (tertiary/aromatic N) is 1. The molecule has 0 heterocycles. The van der Waals surface area contributed by atoms with Crippen LogP contribution in [0.25, 0.3) is 0 Å². The Morgan fingerprint density at radius 3 is 2.50 bits per heavy atom. The van der Waals surface area contributed by atoms with Gasteiger partial charge in [0.2, 0.25) is 6.54 Å². The average Bonchev–Trinajstić information content (AvgIpc) is 2.46. The zero-order chi connectivity index (χ0) is 16.1. The Labute approximate surface area is 135 Å². The maximum atomic E-state index is 11.3. The highest BCUT2D eigenvalue weighted by atomic mass is 79.9. The van der Waals surface area contributed by atoms with Crippen molar-refractivity contribution in [2.24, 2.45) is 0 Å². The molecule has 0 fully saturated rings. The summed E-state index contributed by atoms with van der Waals surface area (Å²) in [5.74, 6) is -1.12. The van der Waals surface area contributed by atoms with Gasteiger partial charge >= 0.3 is 5.97 Å². The minimum absolute atomic E-state index is 0.0245. The predicted molar refractivity (Wildman–Crippen MR) is 85.6 cm³/mol. The first kappa shape index (κ1) is 16.0. The lowest BCUT2D eigenvalue weighted by Gasteiger charge is -2.13. The van der Waals surface area contributed by atoms with Crippen molar-refractivity contribution < 1.29 is 14.8 Å². The first-order valence-corrected chi connectivity index (χ1v) is 7.22. The molecule has 0 aliphatic heterocycles. The number of hydrogen-bond donors (Lipinski definition) is 2. The number of aromatic carboxylic acids is 1. The molecule has 7 heteroatoms. The van der Waals surface area contributed by atoms with Crippen LogP contribution in [0.5, 0.6) is 0 Å². The van der Waals surface area contributed by atoms with Crippen molar-refractivity contribution in [3.8, 4) is 0 Å². The Morgan fingerprint density at radius 1 is 1.23 bits per heavy atom. The Morgan fingerprint density at radius 2 is 1.91 bits per heavy atom. The quantitative estimate of drug-likeness (QED) is 0.604. The van der Waals surface area contributed by atoms with Gasteiger partial charge in [-0.15, -0.1) is 0 Å². The smallest absolute Gasteiger partial charge is 0.337 e. The summed E-state index contributed by atoms with van der Waals surface area (Å²) in [4.78, 5) is 21.6. The third kappa shape index (κ3) is 4.05. The van der Waals surface area contributed by atoms with Gasteiger partial charge in [-0.05, 0) is 23.8 Å². The number of carboxylic acid groups (broad SMARTS) is 1. The summed E-state index contributed by atoms with van der Waals surface area (Å²) in [5.41, 5.74) is 1.60. The van der Waals surface area contributed by atoms with Gasteiger partial charge in [0.25, 0.3) is 0 Å². The van der Waals surface area contributed by atoms with Gasteiger partial charge in [-0.3, -0.25) is 10.1 Å². The number of carboxylic acids is 1. The van der Waals surface area contributed by atoms with Crippen LogP contribution in [-0.2, 0) is 13.1 Å². The lowest BCUT2D eigenvalue weighted by atomic mass is 10.1. The number of nitro groups is 1. The van der Waals surface area contributed by atoms with E-state index in [1.165, 1.54) is 12.1 Å². The number of para-hydroxylation sites is 1. The van der Waals surface area contributed by atoms with Crippen LogP contribution >= 0.6 is 15.9 Å². The zero-order valence-electron chi connectivity index (χ0n) is 11.5. The molecule has 0 unspecified atom stereocenters. The summed E-state index contributed by atoms with van der Waals surface area (Å²) in [7, 11) is 0. The highest BCUT2D eigenvalue weighted by Crippen LogP contribution is 2.23. The molecule has 22 heavy (non-hydrogen) atoms. The molecule has 0 saturated carbocycles. The number of anilines is 1. The third-order valence-corrected chi connectivity index (χ3v) is 3.59. The SMILES string of the molecule is O=C(O)c1cccc(C[N+](=O)[O-])c1NCc1ccc(Br)cc1. The van der Waals surface area contributed by atoms with Crippen LogP contribution in [0, 0.1) is 10.1 Å². The fourth-order valence-corrected chi connectivity index (χ4v) is 2.31. The van der Waals surface area contributed by atoms with Gasteiger partial charge in [0.15, 0.2) is 0 Å². The van der Waals surface area contributed by atoms with Gasteiger partial charge in [0.1, 0.15) is 0 Å². The van der Waals surface area contributed by atoms with Crippen LogP contribution in [0.15, 0.2) is 46.9 Å². The third-order valence-electron chi connectivity index (χ3n) is 3.06. The highest BCUT2D eigenvalue weighted by Gasteiger charge is 2.16. The van der Waals surface area contributed by atoms with Gasteiger partial charge in [0, 0.05) is 21.5 Å². The highest BCUT2D eigenvalue weighted by molar-refractivity contribution is 9.10. The standard InChI is InChI=1S/C15H13BrN2O4/c16-12-6-4-10(5-7-12)8-17-14-11(9-18(21)22)2-1-3-13(14)15(19)20/h1-7,17H,8-9H2,(H,19,20). The summed E-state index contributed by atoms with van der Waals surface area (Å²) >= 11 is 3.34. The number of halogens is 1. The van der Waals surface area contributed by atoms with Crippen molar-refractivity contribution in [3.63, 3.8) is 0 Å². The molecule has 0 atom stereocenters.